The van der Waals surface area contributed by atoms with E-state index >= 15 is 0 Å². The van der Waals surface area contributed by atoms with Gasteiger partial charge in [0.25, 0.3) is 5.69 Å². The summed E-state index contributed by atoms with van der Waals surface area (Å²) in [5, 5.41) is 13.9. The molecule has 2 N–H and O–H groups in total. The second-order valence-electron chi connectivity index (χ2n) is 4.92. The van der Waals surface area contributed by atoms with E-state index < -0.39 is 20.6 Å². The maximum Gasteiger partial charge on any atom is 0.289 e. The number of nitrogens with one attached hydrogen (secondary N) is 2. The Hall–Kier alpha value is -1.22. The first-order chi connectivity index (χ1) is 9.90. The zero-order chi connectivity index (χ0) is 15.5. The number of nitrogens with zero attached hydrogens (tertiary/aromatic N) is 1. The van der Waals surface area contributed by atoms with Gasteiger partial charge in [-0.1, -0.05) is 11.6 Å². The lowest BCUT2D eigenvalue weighted by Crippen LogP contribution is -2.35. The van der Waals surface area contributed by atoms with E-state index in [9.17, 15) is 18.5 Å². The number of halogens is 1. The SMILES string of the molecule is O=[N+]([O-])c1cc(S(=O)(=O)NCC2CCNCC2)ccc1Cl. The molecule has 1 aliphatic rings. The standard InChI is InChI=1S/C12H16ClN3O4S/c13-11-2-1-10(7-12(11)16(17)18)21(19,20)15-8-9-3-5-14-6-4-9/h1-2,7,9,14-15H,3-6,8H2. The van der Waals surface area contributed by atoms with Gasteiger partial charge in [0, 0.05) is 12.6 Å². The molecule has 116 valence electrons. The zero-order valence-electron chi connectivity index (χ0n) is 11.2. The van der Waals surface area contributed by atoms with Gasteiger partial charge in [0.1, 0.15) is 5.02 Å². The Labute approximate surface area is 127 Å². The third kappa shape index (κ3) is 4.13. The van der Waals surface area contributed by atoms with Crippen LogP contribution in [0.4, 0.5) is 5.69 Å². The quantitative estimate of drug-likeness (QED) is 0.628. The number of sulfonamides is 1. The Morgan fingerprint density at radius 2 is 2.05 bits per heavy atom. The molecule has 7 nitrogen and oxygen atoms in total. The second-order valence-corrected chi connectivity index (χ2v) is 7.09. The van der Waals surface area contributed by atoms with Crippen LogP contribution in [-0.2, 0) is 10.0 Å². The molecule has 9 heteroatoms. The number of piperidine rings is 1. The van der Waals surface area contributed by atoms with Crippen LogP contribution in [0.5, 0.6) is 0 Å². The van der Waals surface area contributed by atoms with Gasteiger partial charge in [0.2, 0.25) is 10.0 Å². The molecule has 1 aliphatic heterocycles. The van der Waals surface area contributed by atoms with Crippen molar-refractivity contribution in [3.05, 3.63) is 33.3 Å². The molecule has 1 fully saturated rings. The fourth-order valence-electron chi connectivity index (χ4n) is 2.20. The van der Waals surface area contributed by atoms with Crippen molar-refractivity contribution in [2.75, 3.05) is 19.6 Å². The predicted molar refractivity (Wildman–Crippen MR) is 78.9 cm³/mol. The fraction of sp³-hybridized carbons (Fsp3) is 0.500. The lowest BCUT2D eigenvalue weighted by atomic mass is 9.99. The van der Waals surface area contributed by atoms with Crippen molar-refractivity contribution < 1.29 is 13.3 Å². The van der Waals surface area contributed by atoms with Crippen LogP contribution in [0.25, 0.3) is 0 Å². The molecule has 1 aromatic rings. The van der Waals surface area contributed by atoms with E-state index in [0.717, 1.165) is 32.0 Å². The van der Waals surface area contributed by atoms with Crippen LogP contribution < -0.4 is 10.0 Å². The van der Waals surface area contributed by atoms with Gasteiger partial charge in [-0.05, 0) is 44.0 Å². The Kier molecular flexibility index (Phi) is 5.15. The third-order valence-corrected chi connectivity index (χ3v) is 5.19. The molecule has 0 saturated carbocycles. The van der Waals surface area contributed by atoms with Crippen LogP contribution in [0.2, 0.25) is 5.02 Å². The Balaban J connectivity index is 2.11. The van der Waals surface area contributed by atoms with Crippen molar-refractivity contribution in [3.8, 4) is 0 Å². The van der Waals surface area contributed by atoms with Crippen LogP contribution in [0.3, 0.4) is 0 Å². The van der Waals surface area contributed by atoms with Gasteiger partial charge in [-0.2, -0.15) is 0 Å². The van der Waals surface area contributed by atoms with Crippen LogP contribution in [0, 0.1) is 16.0 Å². The minimum absolute atomic E-state index is 0.0858. The second kappa shape index (κ2) is 6.69. The largest absolute Gasteiger partial charge is 0.317 e. The smallest absolute Gasteiger partial charge is 0.289 e. The number of hydrogen-bond acceptors (Lipinski definition) is 5. The topological polar surface area (TPSA) is 101 Å². The van der Waals surface area contributed by atoms with Crippen molar-refractivity contribution in [3.63, 3.8) is 0 Å². The molecule has 21 heavy (non-hydrogen) atoms. The van der Waals surface area contributed by atoms with E-state index in [1.165, 1.54) is 12.1 Å². The molecule has 1 saturated heterocycles. The highest BCUT2D eigenvalue weighted by atomic mass is 35.5. The third-order valence-electron chi connectivity index (χ3n) is 3.45. The van der Waals surface area contributed by atoms with E-state index in [1.54, 1.807) is 0 Å². The Bertz CT molecular complexity index is 629. The number of nitro groups is 1. The van der Waals surface area contributed by atoms with Gasteiger partial charge in [0.15, 0.2) is 0 Å². The van der Waals surface area contributed by atoms with Gasteiger partial charge in [-0.25, -0.2) is 13.1 Å². The maximum atomic E-state index is 12.2. The summed E-state index contributed by atoms with van der Waals surface area (Å²) < 4.78 is 26.8. The first-order valence-corrected chi connectivity index (χ1v) is 8.40. The minimum Gasteiger partial charge on any atom is -0.317 e. The van der Waals surface area contributed by atoms with Crippen molar-refractivity contribution >= 4 is 27.3 Å². The van der Waals surface area contributed by atoms with Crippen LogP contribution in [0.15, 0.2) is 23.1 Å². The summed E-state index contributed by atoms with van der Waals surface area (Å²) in [7, 11) is -3.77. The van der Waals surface area contributed by atoms with Gasteiger partial charge in [0.05, 0.1) is 9.82 Å². The molecule has 1 aromatic carbocycles. The minimum atomic E-state index is -3.77. The molecule has 0 aliphatic carbocycles. The summed E-state index contributed by atoms with van der Waals surface area (Å²) in [6, 6.07) is 3.46. The number of nitro benzene ring substituents is 1. The summed E-state index contributed by atoms with van der Waals surface area (Å²) in [6.07, 6.45) is 1.81. The van der Waals surface area contributed by atoms with Crippen molar-refractivity contribution in [1.82, 2.24) is 10.0 Å². The van der Waals surface area contributed by atoms with E-state index in [4.69, 9.17) is 11.6 Å². The van der Waals surface area contributed by atoms with Crippen molar-refractivity contribution in [2.45, 2.75) is 17.7 Å². The summed E-state index contributed by atoms with van der Waals surface area (Å²) in [5.74, 6) is 0.281. The zero-order valence-corrected chi connectivity index (χ0v) is 12.8. The Morgan fingerprint density at radius 3 is 2.67 bits per heavy atom. The predicted octanol–water partition coefficient (Wildman–Crippen LogP) is 1.53. The van der Waals surface area contributed by atoms with E-state index in [0.29, 0.717) is 6.54 Å². The van der Waals surface area contributed by atoms with E-state index in [1.807, 2.05) is 0 Å². The summed E-state index contributed by atoms with van der Waals surface area (Å²) in [5.41, 5.74) is -0.415. The van der Waals surface area contributed by atoms with Gasteiger partial charge in [-0.3, -0.25) is 10.1 Å². The van der Waals surface area contributed by atoms with Gasteiger partial charge < -0.3 is 5.32 Å². The lowest BCUT2D eigenvalue weighted by Gasteiger charge is -2.22. The van der Waals surface area contributed by atoms with Crippen LogP contribution in [-0.4, -0.2) is 33.0 Å². The molecule has 0 bridgehead atoms. The molecule has 0 aromatic heterocycles. The molecule has 0 radical (unpaired) electrons. The fourth-order valence-corrected chi connectivity index (χ4v) is 3.52. The monoisotopic (exact) mass is 333 g/mol. The van der Waals surface area contributed by atoms with Crippen molar-refractivity contribution in [1.29, 1.82) is 0 Å². The number of hydrogen-bond donors (Lipinski definition) is 2. The highest BCUT2D eigenvalue weighted by Gasteiger charge is 2.22. The molecule has 1 heterocycles. The van der Waals surface area contributed by atoms with E-state index in [-0.39, 0.29) is 15.8 Å². The van der Waals surface area contributed by atoms with E-state index in [2.05, 4.69) is 10.0 Å². The van der Waals surface area contributed by atoms with Crippen LogP contribution in [0.1, 0.15) is 12.8 Å². The Morgan fingerprint density at radius 1 is 1.38 bits per heavy atom. The summed E-state index contributed by atoms with van der Waals surface area (Å²) >= 11 is 5.68. The van der Waals surface area contributed by atoms with Crippen LogP contribution >= 0.6 is 11.6 Å². The first kappa shape index (κ1) is 16.2. The van der Waals surface area contributed by atoms with Gasteiger partial charge >= 0.3 is 0 Å². The normalized spacial score (nSPS) is 16.8. The summed E-state index contributed by atoms with van der Waals surface area (Å²) in [4.78, 5) is 9.96. The molecule has 0 unspecified atom stereocenters. The first-order valence-electron chi connectivity index (χ1n) is 6.54. The number of benzene rings is 1. The highest BCUT2D eigenvalue weighted by molar-refractivity contribution is 7.89. The molecule has 0 amide bonds. The molecule has 0 spiro atoms. The lowest BCUT2D eigenvalue weighted by molar-refractivity contribution is -0.384. The van der Waals surface area contributed by atoms with Crippen molar-refractivity contribution in [2.24, 2.45) is 5.92 Å². The average molecular weight is 334 g/mol. The molecular weight excluding hydrogens is 318 g/mol. The molecule has 0 atom stereocenters. The maximum absolute atomic E-state index is 12.2. The highest BCUT2D eigenvalue weighted by Crippen LogP contribution is 2.27. The summed E-state index contributed by atoms with van der Waals surface area (Å²) in [6.45, 7) is 2.08. The molecule has 2 rings (SSSR count). The molecular formula is C12H16ClN3O4S. The number of rotatable bonds is 5. The van der Waals surface area contributed by atoms with Gasteiger partial charge in [-0.15, -0.1) is 0 Å². The average Bonchev–Trinajstić information content (AvgIpc) is 2.46.